The van der Waals surface area contributed by atoms with Crippen LogP contribution in [0.1, 0.15) is 45.8 Å². The van der Waals surface area contributed by atoms with Crippen molar-refractivity contribution in [2.45, 2.75) is 26.3 Å². The van der Waals surface area contributed by atoms with Gasteiger partial charge in [0.25, 0.3) is 5.91 Å². The third kappa shape index (κ3) is 2.59. The first-order chi connectivity index (χ1) is 12.1. The highest BCUT2D eigenvalue weighted by Crippen LogP contribution is 2.42. The number of aromatic amines is 1. The minimum Gasteiger partial charge on any atom is -0.295 e. The average Bonchev–Trinajstić information content (AvgIpc) is 3.15. The summed E-state index contributed by atoms with van der Waals surface area (Å²) in [5.41, 5.74) is 5.67. The molecule has 0 bridgehead atoms. The Bertz CT molecular complexity index is 929. The number of aryl methyl sites for hydroxylation is 2. The van der Waals surface area contributed by atoms with E-state index in [1.54, 1.807) is 0 Å². The van der Waals surface area contributed by atoms with Crippen LogP contribution < -0.4 is 4.90 Å². The van der Waals surface area contributed by atoms with Crippen LogP contribution in [0.5, 0.6) is 0 Å². The number of nitrogens with one attached hydrogen (secondary N) is 1. The van der Waals surface area contributed by atoms with Gasteiger partial charge in [-0.1, -0.05) is 47.1 Å². The van der Waals surface area contributed by atoms with Crippen LogP contribution >= 0.6 is 15.9 Å². The van der Waals surface area contributed by atoms with Crippen molar-refractivity contribution in [2.24, 2.45) is 0 Å². The number of rotatable bonds is 3. The molecule has 0 aliphatic carbocycles. The molecule has 2 heterocycles. The summed E-state index contributed by atoms with van der Waals surface area (Å²) < 4.78 is 0.987. The van der Waals surface area contributed by atoms with Crippen molar-refractivity contribution in [1.29, 1.82) is 0 Å². The fraction of sp³-hybridized carbons (Fsp3) is 0.200. The Morgan fingerprint density at radius 2 is 1.80 bits per heavy atom. The van der Waals surface area contributed by atoms with E-state index in [9.17, 15) is 4.79 Å². The molecule has 0 saturated carbocycles. The van der Waals surface area contributed by atoms with Crippen molar-refractivity contribution < 1.29 is 4.79 Å². The Hall–Kier alpha value is -2.40. The maximum absolute atomic E-state index is 13.0. The molecule has 0 fully saturated rings. The van der Waals surface area contributed by atoms with E-state index in [2.05, 4.69) is 57.3 Å². The monoisotopic (exact) mass is 395 g/mol. The van der Waals surface area contributed by atoms with Crippen molar-refractivity contribution in [3.05, 3.63) is 81.1 Å². The average molecular weight is 396 g/mol. The lowest BCUT2D eigenvalue weighted by molar-refractivity contribution is 0.0989. The molecule has 0 spiro atoms. The van der Waals surface area contributed by atoms with Crippen LogP contribution in [0.2, 0.25) is 0 Å². The minimum atomic E-state index is -0.159. The lowest BCUT2D eigenvalue weighted by Gasteiger charge is -2.26. The molecule has 0 radical (unpaired) electrons. The molecule has 2 aromatic carbocycles. The van der Waals surface area contributed by atoms with Crippen molar-refractivity contribution in [3.63, 3.8) is 0 Å². The standard InChI is InChI=1S/C20H18BrN3O/c1-3-13-4-6-14(7-5-13)19-17-12(2)22-23-18(17)20(25)24(19)16-10-8-15(21)9-11-16/h4-11,19H,3H2,1-2H3,(H,22,23). The first-order valence-corrected chi connectivity index (χ1v) is 9.12. The topological polar surface area (TPSA) is 49.0 Å². The molecule has 5 heteroatoms. The zero-order valence-electron chi connectivity index (χ0n) is 14.1. The second-order valence-electron chi connectivity index (χ2n) is 6.26. The van der Waals surface area contributed by atoms with Gasteiger partial charge in [0.2, 0.25) is 0 Å². The number of halogens is 1. The zero-order chi connectivity index (χ0) is 17.6. The van der Waals surface area contributed by atoms with Gasteiger partial charge in [0.05, 0.1) is 6.04 Å². The fourth-order valence-corrected chi connectivity index (χ4v) is 3.68. The summed E-state index contributed by atoms with van der Waals surface area (Å²) >= 11 is 3.46. The molecule has 25 heavy (non-hydrogen) atoms. The van der Waals surface area contributed by atoms with Crippen LogP contribution in [0.25, 0.3) is 0 Å². The van der Waals surface area contributed by atoms with Gasteiger partial charge in [-0.2, -0.15) is 5.10 Å². The van der Waals surface area contributed by atoms with Gasteiger partial charge in [-0.15, -0.1) is 0 Å². The van der Waals surface area contributed by atoms with Gasteiger partial charge in [0.15, 0.2) is 5.69 Å². The molecular formula is C20H18BrN3O. The van der Waals surface area contributed by atoms with Crippen molar-refractivity contribution in [3.8, 4) is 0 Å². The number of nitrogens with zero attached hydrogens (tertiary/aromatic N) is 2. The Balaban J connectivity index is 1.86. The maximum atomic E-state index is 13.0. The van der Waals surface area contributed by atoms with Crippen LogP contribution in [0.15, 0.2) is 53.0 Å². The van der Waals surface area contributed by atoms with Gasteiger partial charge in [-0.05, 0) is 48.7 Å². The summed E-state index contributed by atoms with van der Waals surface area (Å²) in [5.74, 6) is -0.0637. The summed E-state index contributed by atoms with van der Waals surface area (Å²) in [6.45, 7) is 4.11. The van der Waals surface area contributed by atoms with Gasteiger partial charge in [0.1, 0.15) is 0 Å². The van der Waals surface area contributed by atoms with E-state index in [4.69, 9.17) is 0 Å². The van der Waals surface area contributed by atoms with Gasteiger partial charge in [-0.3, -0.25) is 14.8 Å². The number of carbonyl (C=O) groups is 1. The number of hydrogen-bond donors (Lipinski definition) is 1. The number of benzene rings is 2. The molecule has 1 aliphatic rings. The molecule has 126 valence electrons. The van der Waals surface area contributed by atoms with Crippen LogP contribution in [0.4, 0.5) is 5.69 Å². The molecule has 4 rings (SSSR count). The molecular weight excluding hydrogens is 378 g/mol. The van der Waals surface area contributed by atoms with E-state index < -0.39 is 0 Å². The van der Waals surface area contributed by atoms with E-state index in [0.29, 0.717) is 5.69 Å². The molecule has 1 aromatic heterocycles. The van der Waals surface area contributed by atoms with E-state index in [-0.39, 0.29) is 11.9 Å². The molecule has 1 unspecified atom stereocenters. The third-order valence-corrected chi connectivity index (χ3v) is 5.28. The van der Waals surface area contributed by atoms with Gasteiger partial charge in [0, 0.05) is 21.4 Å². The van der Waals surface area contributed by atoms with Gasteiger partial charge < -0.3 is 0 Å². The molecule has 1 N–H and O–H groups in total. The number of amides is 1. The Morgan fingerprint density at radius 1 is 1.12 bits per heavy atom. The molecule has 1 aliphatic heterocycles. The summed E-state index contributed by atoms with van der Waals surface area (Å²) in [6.07, 6.45) is 0.996. The molecule has 3 aromatic rings. The van der Waals surface area contributed by atoms with Gasteiger partial charge >= 0.3 is 0 Å². The van der Waals surface area contributed by atoms with Crippen molar-refractivity contribution in [1.82, 2.24) is 10.2 Å². The smallest absolute Gasteiger partial charge is 0.279 e. The Morgan fingerprint density at radius 3 is 2.44 bits per heavy atom. The molecule has 1 atom stereocenters. The summed E-state index contributed by atoms with van der Waals surface area (Å²) in [4.78, 5) is 14.9. The van der Waals surface area contributed by atoms with Crippen LogP contribution in [-0.4, -0.2) is 16.1 Å². The molecule has 4 nitrogen and oxygen atoms in total. The summed E-state index contributed by atoms with van der Waals surface area (Å²) in [6, 6.07) is 16.2. The first-order valence-electron chi connectivity index (χ1n) is 8.33. The van der Waals surface area contributed by atoms with Crippen LogP contribution in [0, 0.1) is 6.92 Å². The Kier molecular flexibility index (Phi) is 3.96. The third-order valence-electron chi connectivity index (χ3n) is 4.76. The first kappa shape index (κ1) is 16.1. The summed E-state index contributed by atoms with van der Waals surface area (Å²) in [5, 5.41) is 7.22. The SMILES string of the molecule is CCc1ccc(C2c3c(n[nH]c3C)C(=O)N2c2ccc(Br)cc2)cc1. The number of anilines is 1. The Labute approximate surface area is 155 Å². The number of aromatic nitrogens is 2. The maximum Gasteiger partial charge on any atom is 0.279 e. The highest BCUT2D eigenvalue weighted by molar-refractivity contribution is 9.10. The molecule has 1 amide bonds. The van der Waals surface area contributed by atoms with Crippen molar-refractivity contribution in [2.75, 3.05) is 4.90 Å². The van der Waals surface area contributed by atoms with Crippen molar-refractivity contribution >= 4 is 27.5 Å². The van der Waals surface area contributed by atoms with E-state index in [1.165, 1.54) is 5.56 Å². The number of hydrogen-bond acceptors (Lipinski definition) is 2. The second kappa shape index (κ2) is 6.15. The minimum absolute atomic E-state index is 0.0637. The lowest BCUT2D eigenvalue weighted by Crippen LogP contribution is -2.29. The highest BCUT2D eigenvalue weighted by atomic mass is 79.9. The normalized spacial score (nSPS) is 16.4. The van der Waals surface area contributed by atoms with Crippen LogP contribution in [0.3, 0.4) is 0 Å². The number of fused-ring (bicyclic) bond motifs is 1. The zero-order valence-corrected chi connectivity index (χ0v) is 15.7. The predicted octanol–water partition coefficient (Wildman–Crippen LogP) is 4.79. The number of carbonyl (C=O) groups excluding carboxylic acids is 1. The molecule has 0 saturated heterocycles. The fourth-order valence-electron chi connectivity index (χ4n) is 3.42. The van der Waals surface area contributed by atoms with E-state index >= 15 is 0 Å². The predicted molar refractivity (Wildman–Crippen MR) is 102 cm³/mol. The largest absolute Gasteiger partial charge is 0.295 e. The van der Waals surface area contributed by atoms with E-state index in [0.717, 1.165) is 33.4 Å². The highest BCUT2D eigenvalue weighted by Gasteiger charge is 2.42. The lowest BCUT2D eigenvalue weighted by atomic mass is 9.97. The second-order valence-corrected chi connectivity index (χ2v) is 7.18. The summed E-state index contributed by atoms with van der Waals surface area (Å²) in [7, 11) is 0. The number of H-pyrrole nitrogens is 1. The van der Waals surface area contributed by atoms with Crippen LogP contribution in [-0.2, 0) is 6.42 Å². The van der Waals surface area contributed by atoms with E-state index in [1.807, 2.05) is 36.1 Å². The quantitative estimate of drug-likeness (QED) is 0.692. The van der Waals surface area contributed by atoms with Gasteiger partial charge in [-0.25, -0.2) is 0 Å².